The first-order valence-electron chi connectivity index (χ1n) is 7.71. The molecule has 2 saturated heterocycles. The van der Waals surface area contributed by atoms with Gasteiger partial charge in [0.1, 0.15) is 5.60 Å². The Balaban J connectivity index is 2.06. The van der Waals surface area contributed by atoms with E-state index in [9.17, 15) is 4.79 Å². The maximum Gasteiger partial charge on any atom is 0.241 e. The molecule has 3 atom stereocenters. The SMILES string of the molecule is CCC1NC(CC(C)C)C(=O)N1CC1(OC)CCOC1. The maximum atomic E-state index is 12.6. The highest BCUT2D eigenvalue weighted by atomic mass is 16.5. The lowest BCUT2D eigenvalue weighted by Gasteiger charge is -2.33. The highest BCUT2D eigenvalue weighted by Gasteiger charge is 2.44. The molecule has 2 aliphatic heterocycles. The van der Waals surface area contributed by atoms with Crippen molar-refractivity contribution in [2.45, 2.75) is 57.8 Å². The number of rotatable bonds is 6. The molecule has 2 heterocycles. The number of hydrogen-bond donors (Lipinski definition) is 1. The van der Waals surface area contributed by atoms with E-state index in [0.717, 1.165) is 25.9 Å². The fraction of sp³-hybridized carbons (Fsp3) is 0.933. The summed E-state index contributed by atoms with van der Waals surface area (Å²) in [5, 5.41) is 3.47. The molecule has 0 spiro atoms. The van der Waals surface area contributed by atoms with Crippen LogP contribution in [0.2, 0.25) is 0 Å². The zero-order valence-corrected chi connectivity index (χ0v) is 13.1. The van der Waals surface area contributed by atoms with Crippen molar-refractivity contribution in [2.75, 3.05) is 26.9 Å². The summed E-state index contributed by atoms with van der Waals surface area (Å²) in [6, 6.07) is -0.0452. The average molecular weight is 284 g/mol. The van der Waals surface area contributed by atoms with Crippen LogP contribution in [0.1, 0.15) is 40.0 Å². The van der Waals surface area contributed by atoms with Gasteiger partial charge >= 0.3 is 0 Å². The normalized spacial score (nSPS) is 34.5. The summed E-state index contributed by atoms with van der Waals surface area (Å²) in [6.45, 7) is 8.34. The third-order valence-corrected chi connectivity index (χ3v) is 4.40. The Morgan fingerprint density at radius 1 is 1.55 bits per heavy atom. The molecule has 0 aromatic rings. The zero-order chi connectivity index (χ0) is 14.8. The van der Waals surface area contributed by atoms with Crippen molar-refractivity contribution < 1.29 is 14.3 Å². The molecular formula is C15H28N2O3. The van der Waals surface area contributed by atoms with E-state index in [1.165, 1.54) is 0 Å². The number of carbonyl (C=O) groups excluding carboxylic acids is 1. The van der Waals surface area contributed by atoms with Gasteiger partial charge in [-0.25, -0.2) is 0 Å². The van der Waals surface area contributed by atoms with E-state index in [2.05, 4.69) is 26.1 Å². The summed E-state index contributed by atoms with van der Waals surface area (Å²) in [4.78, 5) is 14.6. The number of amides is 1. The molecule has 0 saturated carbocycles. The lowest BCUT2D eigenvalue weighted by Crippen LogP contribution is -2.49. The number of ether oxygens (including phenoxy) is 2. The number of hydrogen-bond acceptors (Lipinski definition) is 4. The second-order valence-corrected chi connectivity index (χ2v) is 6.43. The third-order valence-electron chi connectivity index (χ3n) is 4.40. The largest absolute Gasteiger partial charge is 0.378 e. The predicted octanol–water partition coefficient (Wildman–Crippen LogP) is 1.37. The van der Waals surface area contributed by atoms with Crippen molar-refractivity contribution in [1.82, 2.24) is 10.2 Å². The summed E-state index contributed by atoms with van der Waals surface area (Å²) in [5.41, 5.74) is -0.322. The first-order valence-corrected chi connectivity index (χ1v) is 7.71. The fourth-order valence-corrected chi connectivity index (χ4v) is 3.16. The van der Waals surface area contributed by atoms with Crippen molar-refractivity contribution in [3.63, 3.8) is 0 Å². The number of nitrogens with one attached hydrogen (secondary N) is 1. The van der Waals surface area contributed by atoms with Crippen LogP contribution in [0.4, 0.5) is 0 Å². The molecule has 2 aliphatic rings. The molecule has 0 aromatic heterocycles. The van der Waals surface area contributed by atoms with Gasteiger partial charge in [-0.05, 0) is 18.8 Å². The van der Waals surface area contributed by atoms with E-state index in [-0.39, 0.29) is 23.7 Å². The topological polar surface area (TPSA) is 50.8 Å². The van der Waals surface area contributed by atoms with Crippen LogP contribution in [0.15, 0.2) is 0 Å². The molecule has 2 fully saturated rings. The van der Waals surface area contributed by atoms with Crippen molar-refractivity contribution in [3.05, 3.63) is 0 Å². The van der Waals surface area contributed by atoms with Crippen LogP contribution >= 0.6 is 0 Å². The number of carbonyl (C=O) groups is 1. The van der Waals surface area contributed by atoms with Gasteiger partial charge in [-0.15, -0.1) is 0 Å². The number of nitrogens with zero attached hydrogens (tertiary/aromatic N) is 1. The van der Waals surface area contributed by atoms with Crippen molar-refractivity contribution in [1.29, 1.82) is 0 Å². The molecule has 3 unspecified atom stereocenters. The molecule has 0 aliphatic carbocycles. The van der Waals surface area contributed by atoms with Crippen molar-refractivity contribution >= 4 is 5.91 Å². The second kappa shape index (κ2) is 6.41. The Morgan fingerprint density at radius 3 is 2.80 bits per heavy atom. The van der Waals surface area contributed by atoms with E-state index in [1.807, 2.05) is 4.90 Å². The maximum absolute atomic E-state index is 12.6. The van der Waals surface area contributed by atoms with E-state index in [4.69, 9.17) is 9.47 Å². The van der Waals surface area contributed by atoms with Gasteiger partial charge in [-0.1, -0.05) is 20.8 Å². The Morgan fingerprint density at radius 2 is 2.30 bits per heavy atom. The quantitative estimate of drug-likeness (QED) is 0.800. The minimum Gasteiger partial charge on any atom is -0.378 e. The molecule has 5 nitrogen and oxygen atoms in total. The van der Waals surface area contributed by atoms with Crippen LogP contribution in [0.25, 0.3) is 0 Å². The molecule has 116 valence electrons. The molecule has 5 heteroatoms. The second-order valence-electron chi connectivity index (χ2n) is 6.43. The molecule has 2 rings (SSSR count). The van der Waals surface area contributed by atoms with Crippen LogP contribution in [-0.2, 0) is 14.3 Å². The summed E-state index contributed by atoms with van der Waals surface area (Å²) in [7, 11) is 1.72. The van der Waals surface area contributed by atoms with Crippen LogP contribution in [0.3, 0.4) is 0 Å². The van der Waals surface area contributed by atoms with Gasteiger partial charge in [0, 0.05) is 20.1 Å². The Labute approximate surface area is 122 Å². The average Bonchev–Trinajstić information content (AvgIpc) is 2.99. The summed E-state index contributed by atoms with van der Waals surface area (Å²) in [5.74, 6) is 0.731. The minimum absolute atomic E-state index is 0.0452. The van der Waals surface area contributed by atoms with Crippen LogP contribution in [-0.4, -0.2) is 55.5 Å². The summed E-state index contributed by atoms with van der Waals surface area (Å²) < 4.78 is 11.1. The van der Waals surface area contributed by atoms with Gasteiger partial charge in [-0.3, -0.25) is 10.1 Å². The molecule has 0 aromatic carbocycles. The van der Waals surface area contributed by atoms with E-state index in [1.54, 1.807) is 7.11 Å². The lowest BCUT2D eigenvalue weighted by atomic mass is 10.0. The zero-order valence-electron chi connectivity index (χ0n) is 13.1. The first kappa shape index (κ1) is 15.7. The van der Waals surface area contributed by atoms with Gasteiger partial charge in [0.2, 0.25) is 5.91 Å². The van der Waals surface area contributed by atoms with Crippen LogP contribution < -0.4 is 5.32 Å². The summed E-state index contributed by atoms with van der Waals surface area (Å²) in [6.07, 6.45) is 2.79. The summed E-state index contributed by atoms with van der Waals surface area (Å²) >= 11 is 0. The molecule has 0 bridgehead atoms. The smallest absolute Gasteiger partial charge is 0.241 e. The fourth-order valence-electron chi connectivity index (χ4n) is 3.16. The lowest BCUT2D eigenvalue weighted by molar-refractivity contribution is -0.135. The molecular weight excluding hydrogens is 256 g/mol. The molecule has 20 heavy (non-hydrogen) atoms. The van der Waals surface area contributed by atoms with Crippen molar-refractivity contribution in [3.8, 4) is 0 Å². The molecule has 0 radical (unpaired) electrons. The van der Waals surface area contributed by atoms with Gasteiger partial charge < -0.3 is 14.4 Å². The first-order chi connectivity index (χ1) is 9.51. The van der Waals surface area contributed by atoms with E-state index in [0.29, 0.717) is 19.1 Å². The molecule has 1 amide bonds. The van der Waals surface area contributed by atoms with E-state index >= 15 is 0 Å². The Bertz CT molecular complexity index is 340. The standard InChI is InChI=1S/C15H28N2O3/c1-5-13-16-12(8-11(2)3)14(18)17(13)9-15(19-4)6-7-20-10-15/h11-13,16H,5-10H2,1-4H3. The van der Waals surface area contributed by atoms with Gasteiger partial charge in [0.25, 0.3) is 0 Å². The highest BCUT2D eigenvalue weighted by Crippen LogP contribution is 2.28. The van der Waals surface area contributed by atoms with Crippen LogP contribution in [0, 0.1) is 5.92 Å². The van der Waals surface area contributed by atoms with E-state index < -0.39 is 0 Å². The predicted molar refractivity (Wildman–Crippen MR) is 77.3 cm³/mol. The van der Waals surface area contributed by atoms with Gasteiger partial charge in [-0.2, -0.15) is 0 Å². The third kappa shape index (κ3) is 3.15. The van der Waals surface area contributed by atoms with Gasteiger partial charge in [0.05, 0.1) is 25.4 Å². The molecule has 1 N–H and O–H groups in total. The Kier molecular flexibility index (Phi) is 5.04. The Hall–Kier alpha value is -0.650. The number of methoxy groups -OCH3 is 1. The van der Waals surface area contributed by atoms with Gasteiger partial charge in [0.15, 0.2) is 0 Å². The van der Waals surface area contributed by atoms with Crippen molar-refractivity contribution in [2.24, 2.45) is 5.92 Å². The highest BCUT2D eigenvalue weighted by molar-refractivity contribution is 5.84. The van der Waals surface area contributed by atoms with Crippen LogP contribution in [0.5, 0.6) is 0 Å². The minimum atomic E-state index is -0.322. The monoisotopic (exact) mass is 284 g/mol.